The third kappa shape index (κ3) is 3.48. The van der Waals surface area contributed by atoms with E-state index in [2.05, 4.69) is 0 Å². The third-order valence-electron chi connectivity index (χ3n) is 1.53. The third-order valence-corrected chi connectivity index (χ3v) is 2.12. The smallest absolute Gasteiger partial charge is 0.125 e. The standard InChI is InChI=1S/C10H10Cl2O2/c1-7-2-9(13)4-10(3-7)14-6-8(12)5-11/h2-5,13H,6H2,1H3/b8-5-. The molecule has 2 nitrogen and oxygen atoms in total. The highest BCUT2D eigenvalue weighted by atomic mass is 35.5. The van der Waals surface area contributed by atoms with E-state index in [1.54, 1.807) is 12.1 Å². The number of aromatic hydroxyl groups is 1. The molecule has 76 valence electrons. The highest BCUT2D eigenvalue weighted by Crippen LogP contribution is 2.21. The molecule has 0 saturated heterocycles. The van der Waals surface area contributed by atoms with E-state index < -0.39 is 0 Å². The van der Waals surface area contributed by atoms with E-state index in [4.69, 9.17) is 27.9 Å². The summed E-state index contributed by atoms with van der Waals surface area (Å²) in [6.07, 6.45) is 0. The van der Waals surface area contributed by atoms with Gasteiger partial charge in [0.1, 0.15) is 18.1 Å². The Morgan fingerprint density at radius 1 is 1.50 bits per heavy atom. The van der Waals surface area contributed by atoms with Crippen molar-refractivity contribution in [2.24, 2.45) is 0 Å². The molecule has 4 heteroatoms. The molecular weight excluding hydrogens is 223 g/mol. The van der Waals surface area contributed by atoms with Crippen LogP contribution in [0.5, 0.6) is 11.5 Å². The summed E-state index contributed by atoms with van der Waals surface area (Å²) in [4.78, 5) is 0. The molecule has 0 aliphatic carbocycles. The van der Waals surface area contributed by atoms with Gasteiger partial charge in [0.15, 0.2) is 0 Å². The first-order chi connectivity index (χ1) is 6.61. The second-order valence-electron chi connectivity index (χ2n) is 2.85. The Morgan fingerprint density at radius 3 is 2.79 bits per heavy atom. The van der Waals surface area contributed by atoms with Crippen molar-refractivity contribution in [1.29, 1.82) is 0 Å². The van der Waals surface area contributed by atoms with Gasteiger partial charge in [-0.2, -0.15) is 0 Å². The van der Waals surface area contributed by atoms with Crippen molar-refractivity contribution in [3.8, 4) is 11.5 Å². The predicted molar refractivity (Wildman–Crippen MR) is 58.1 cm³/mol. The molecule has 1 N–H and O–H groups in total. The van der Waals surface area contributed by atoms with E-state index in [9.17, 15) is 5.11 Å². The number of hydrogen-bond donors (Lipinski definition) is 1. The fourth-order valence-electron chi connectivity index (χ4n) is 0.996. The summed E-state index contributed by atoms with van der Waals surface area (Å²) in [6.45, 7) is 2.07. The topological polar surface area (TPSA) is 29.5 Å². The minimum absolute atomic E-state index is 0.172. The van der Waals surface area contributed by atoms with Gasteiger partial charge in [-0.05, 0) is 24.6 Å². The largest absolute Gasteiger partial charge is 0.508 e. The predicted octanol–water partition coefficient (Wildman–Crippen LogP) is 3.40. The number of phenols is 1. The first kappa shape index (κ1) is 11.2. The number of ether oxygens (including phenoxy) is 1. The molecule has 0 bridgehead atoms. The van der Waals surface area contributed by atoms with E-state index in [0.29, 0.717) is 10.8 Å². The lowest BCUT2D eigenvalue weighted by Gasteiger charge is -2.06. The number of aryl methyl sites for hydroxylation is 1. The Kier molecular flexibility index (Phi) is 4.11. The van der Waals surface area contributed by atoms with Gasteiger partial charge in [0.05, 0.1) is 5.03 Å². The molecule has 0 spiro atoms. The SMILES string of the molecule is Cc1cc(O)cc(OC/C(Cl)=C/Cl)c1. The Labute approximate surface area is 92.7 Å². The van der Waals surface area contributed by atoms with Crippen LogP contribution in [0.2, 0.25) is 0 Å². The Bertz CT molecular complexity index is 328. The quantitative estimate of drug-likeness (QED) is 0.866. The van der Waals surface area contributed by atoms with Crippen LogP contribution in [0.25, 0.3) is 0 Å². The van der Waals surface area contributed by atoms with Gasteiger partial charge in [-0.3, -0.25) is 0 Å². The van der Waals surface area contributed by atoms with Gasteiger partial charge in [0.2, 0.25) is 0 Å². The maximum Gasteiger partial charge on any atom is 0.125 e. The molecule has 14 heavy (non-hydrogen) atoms. The molecule has 0 aliphatic heterocycles. The van der Waals surface area contributed by atoms with Crippen molar-refractivity contribution in [2.45, 2.75) is 6.92 Å². The summed E-state index contributed by atoms with van der Waals surface area (Å²) < 4.78 is 5.28. The summed E-state index contributed by atoms with van der Waals surface area (Å²) in [5, 5.41) is 9.67. The van der Waals surface area contributed by atoms with Crippen molar-refractivity contribution < 1.29 is 9.84 Å². The monoisotopic (exact) mass is 232 g/mol. The van der Waals surface area contributed by atoms with E-state index in [1.807, 2.05) is 6.92 Å². The van der Waals surface area contributed by atoms with Crippen molar-refractivity contribution in [3.05, 3.63) is 34.3 Å². The van der Waals surface area contributed by atoms with E-state index in [-0.39, 0.29) is 12.4 Å². The number of rotatable bonds is 3. The highest BCUT2D eigenvalue weighted by molar-refractivity contribution is 6.36. The van der Waals surface area contributed by atoms with Gasteiger partial charge in [-0.25, -0.2) is 0 Å². The van der Waals surface area contributed by atoms with Crippen LogP contribution >= 0.6 is 23.2 Å². The first-order valence-electron chi connectivity index (χ1n) is 4.00. The molecule has 0 heterocycles. The zero-order valence-corrected chi connectivity index (χ0v) is 9.14. The molecule has 0 atom stereocenters. The maximum atomic E-state index is 9.26. The lowest BCUT2D eigenvalue weighted by Crippen LogP contribution is -1.96. The van der Waals surface area contributed by atoms with Crippen LogP contribution in [0.4, 0.5) is 0 Å². The zero-order valence-electron chi connectivity index (χ0n) is 7.63. The van der Waals surface area contributed by atoms with Crippen LogP contribution in [0.3, 0.4) is 0 Å². The van der Waals surface area contributed by atoms with Crippen molar-refractivity contribution in [1.82, 2.24) is 0 Å². The maximum absolute atomic E-state index is 9.26. The number of benzene rings is 1. The van der Waals surface area contributed by atoms with Crippen molar-refractivity contribution >= 4 is 23.2 Å². The second-order valence-corrected chi connectivity index (χ2v) is 3.55. The van der Waals surface area contributed by atoms with Gasteiger partial charge >= 0.3 is 0 Å². The van der Waals surface area contributed by atoms with Gasteiger partial charge in [0.25, 0.3) is 0 Å². The van der Waals surface area contributed by atoms with Crippen LogP contribution in [-0.2, 0) is 0 Å². The van der Waals surface area contributed by atoms with Crippen molar-refractivity contribution in [2.75, 3.05) is 6.61 Å². The van der Waals surface area contributed by atoms with E-state index in [1.165, 1.54) is 11.6 Å². The van der Waals surface area contributed by atoms with Crippen LogP contribution in [0, 0.1) is 6.92 Å². The number of halogens is 2. The van der Waals surface area contributed by atoms with Gasteiger partial charge in [-0.1, -0.05) is 23.2 Å². The molecule has 1 aromatic rings. The molecule has 0 fully saturated rings. The number of phenolic OH excluding ortho intramolecular Hbond substituents is 1. The lowest BCUT2D eigenvalue weighted by molar-refractivity contribution is 0.356. The molecule has 1 aromatic carbocycles. The molecular formula is C10H10Cl2O2. The molecule has 0 saturated carbocycles. The summed E-state index contributed by atoms with van der Waals surface area (Å²) in [7, 11) is 0. The lowest BCUT2D eigenvalue weighted by atomic mass is 10.2. The number of hydrogen-bond acceptors (Lipinski definition) is 2. The average Bonchev–Trinajstić information content (AvgIpc) is 2.12. The van der Waals surface area contributed by atoms with E-state index in [0.717, 1.165) is 5.56 Å². The van der Waals surface area contributed by atoms with Crippen LogP contribution in [0.1, 0.15) is 5.56 Å². The van der Waals surface area contributed by atoms with Crippen LogP contribution in [-0.4, -0.2) is 11.7 Å². The second kappa shape index (κ2) is 5.13. The zero-order chi connectivity index (χ0) is 10.6. The molecule has 0 amide bonds. The minimum atomic E-state index is 0.172. The molecule has 0 aliphatic rings. The molecule has 0 unspecified atom stereocenters. The minimum Gasteiger partial charge on any atom is -0.508 e. The fourth-order valence-corrected chi connectivity index (χ4v) is 1.11. The Morgan fingerprint density at radius 2 is 2.21 bits per heavy atom. The fraction of sp³-hybridized carbons (Fsp3) is 0.200. The Hall–Kier alpha value is -0.860. The summed E-state index contributed by atoms with van der Waals surface area (Å²) in [5.41, 5.74) is 2.17. The summed E-state index contributed by atoms with van der Waals surface area (Å²) in [5.74, 6) is 0.741. The van der Waals surface area contributed by atoms with Gasteiger partial charge in [0, 0.05) is 11.6 Å². The summed E-state index contributed by atoms with van der Waals surface area (Å²) >= 11 is 11.0. The highest BCUT2D eigenvalue weighted by Gasteiger charge is 1.99. The Balaban J connectivity index is 2.67. The average molecular weight is 233 g/mol. The van der Waals surface area contributed by atoms with Gasteiger partial charge in [-0.15, -0.1) is 0 Å². The normalized spacial score (nSPS) is 11.5. The molecule has 1 rings (SSSR count). The molecule has 0 aromatic heterocycles. The van der Waals surface area contributed by atoms with Crippen LogP contribution < -0.4 is 4.74 Å². The van der Waals surface area contributed by atoms with E-state index >= 15 is 0 Å². The van der Waals surface area contributed by atoms with Crippen molar-refractivity contribution in [3.63, 3.8) is 0 Å². The molecule has 0 radical (unpaired) electrons. The van der Waals surface area contributed by atoms with Gasteiger partial charge < -0.3 is 9.84 Å². The summed E-state index contributed by atoms with van der Waals surface area (Å²) in [6, 6.07) is 4.97. The van der Waals surface area contributed by atoms with Crippen LogP contribution in [0.15, 0.2) is 28.8 Å². The first-order valence-corrected chi connectivity index (χ1v) is 4.81.